The quantitative estimate of drug-likeness (QED) is 0.607. The van der Waals surface area contributed by atoms with Crippen molar-refractivity contribution in [2.75, 3.05) is 26.2 Å². The molecule has 1 fully saturated rings. The number of hydrogen-bond donors (Lipinski definition) is 3. The summed E-state index contributed by atoms with van der Waals surface area (Å²) in [4.78, 5) is 34.8. The standard InChI is InChI=1S/C11H19N3O5/c1-2-11(8(15)16)3-5-14(7-11)10(18)13-4-6-19-9(12)17/h2-7H2,1H3,(H2,12,17)(H,13,18)(H,15,16). The van der Waals surface area contributed by atoms with Gasteiger partial charge in [-0.05, 0) is 12.8 Å². The van der Waals surface area contributed by atoms with Gasteiger partial charge in [0.05, 0.1) is 12.0 Å². The molecule has 3 amide bonds. The van der Waals surface area contributed by atoms with Crippen LogP contribution in [0.5, 0.6) is 0 Å². The fourth-order valence-electron chi connectivity index (χ4n) is 2.08. The molecule has 1 heterocycles. The van der Waals surface area contributed by atoms with Crippen molar-refractivity contribution in [2.24, 2.45) is 11.1 Å². The third-order valence-electron chi connectivity index (χ3n) is 3.39. The number of aliphatic carboxylic acids is 1. The van der Waals surface area contributed by atoms with Gasteiger partial charge in [-0.2, -0.15) is 0 Å². The number of carbonyl (C=O) groups is 3. The Bertz CT molecular complexity index is 373. The second-order valence-electron chi connectivity index (χ2n) is 4.51. The number of carbonyl (C=O) groups excluding carboxylic acids is 2. The number of nitrogens with one attached hydrogen (secondary N) is 1. The molecule has 0 aromatic heterocycles. The van der Waals surface area contributed by atoms with Crippen molar-refractivity contribution >= 4 is 18.1 Å². The van der Waals surface area contributed by atoms with Crippen molar-refractivity contribution in [2.45, 2.75) is 19.8 Å². The largest absolute Gasteiger partial charge is 0.481 e. The van der Waals surface area contributed by atoms with Crippen molar-refractivity contribution in [3.63, 3.8) is 0 Å². The highest BCUT2D eigenvalue weighted by molar-refractivity contribution is 5.79. The SMILES string of the molecule is CCC1(C(=O)O)CCN(C(=O)NCCOC(N)=O)C1. The van der Waals surface area contributed by atoms with E-state index in [9.17, 15) is 19.5 Å². The Kier molecular flexibility index (Phi) is 4.96. The molecule has 1 aliphatic heterocycles. The predicted octanol–water partition coefficient (Wildman–Crippen LogP) is -0.0220. The molecular weight excluding hydrogens is 254 g/mol. The lowest BCUT2D eigenvalue weighted by Gasteiger charge is -2.23. The zero-order valence-electron chi connectivity index (χ0n) is 10.8. The summed E-state index contributed by atoms with van der Waals surface area (Å²) < 4.78 is 4.47. The van der Waals surface area contributed by atoms with Crippen LogP contribution in [-0.4, -0.2) is 54.3 Å². The van der Waals surface area contributed by atoms with E-state index in [1.54, 1.807) is 6.92 Å². The van der Waals surface area contributed by atoms with Gasteiger partial charge in [0.15, 0.2) is 0 Å². The number of amides is 3. The molecule has 1 saturated heterocycles. The second-order valence-corrected chi connectivity index (χ2v) is 4.51. The maximum Gasteiger partial charge on any atom is 0.404 e. The summed E-state index contributed by atoms with van der Waals surface area (Å²) in [5.74, 6) is -0.873. The molecule has 1 atom stereocenters. The highest BCUT2D eigenvalue weighted by Gasteiger charge is 2.44. The summed E-state index contributed by atoms with van der Waals surface area (Å²) >= 11 is 0. The molecule has 0 spiro atoms. The first-order valence-electron chi connectivity index (χ1n) is 6.09. The normalized spacial score (nSPS) is 22.1. The fraction of sp³-hybridized carbons (Fsp3) is 0.727. The van der Waals surface area contributed by atoms with Gasteiger partial charge in [-0.25, -0.2) is 9.59 Å². The molecule has 0 radical (unpaired) electrons. The first-order valence-corrected chi connectivity index (χ1v) is 6.09. The smallest absolute Gasteiger partial charge is 0.404 e. The first kappa shape index (κ1) is 15.1. The van der Waals surface area contributed by atoms with Gasteiger partial charge in [-0.3, -0.25) is 4.79 Å². The van der Waals surface area contributed by atoms with Crippen LogP contribution in [0.15, 0.2) is 0 Å². The molecule has 0 saturated carbocycles. The zero-order chi connectivity index (χ0) is 14.5. The Balaban J connectivity index is 2.39. The minimum Gasteiger partial charge on any atom is -0.481 e. The van der Waals surface area contributed by atoms with Crippen LogP contribution >= 0.6 is 0 Å². The van der Waals surface area contributed by atoms with Crippen LogP contribution in [0.25, 0.3) is 0 Å². The van der Waals surface area contributed by atoms with E-state index in [-0.39, 0.29) is 25.7 Å². The Morgan fingerprint density at radius 2 is 2.16 bits per heavy atom. The molecular formula is C11H19N3O5. The number of carboxylic acid groups (broad SMARTS) is 1. The van der Waals surface area contributed by atoms with E-state index in [1.165, 1.54) is 4.90 Å². The Labute approximate surface area is 110 Å². The maximum absolute atomic E-state index is 11.8. The summed E-state index contributed by atoms with van der Waals surface area (Å²) in [7, 11) is 0. The monoisotopic (exact) mass is 273 g/mol. The van der Waals surface area contributed by atoms with E-state index >= 15 is 0 Å². The first-order chi connectivity index (χ1) is 8.91. The molecule has 8 nitrogen and oxygen atoms in total. The molecule has 1 rings (SSSR count). The van der Waals surface area contributed by atoms with Crippen molar-refractivity contribution < 1.29 is 24.2 Å². The highest BCUT2D eigenvalue weighted by atomic mass is 16.5. The third-order valence-corrected chi connectivity index (χ3v) is 3.39. The van der Waals surface area contributed by atoms with Gasteiger partial charge in [-0.1, -0.05) is 6.92 Å². The van der Waals surface area contributed by atoms with Crippen molar-refractivity contribution in [1.82, 2.24) is 10.2 Å². The minimum atomic E-state index is -0.897. The number of primary amides is 1. The molecule has 4 N–H and O–H groups in total. The summed E-state index contributed by atoms with van der Waals surface area (Å²) in [6, 6.07) is -0.357. The predicted molar refractivity (Wildman–Crippen MR) is 65.5 cm³/mol. The topological polar surface area (TPSA) is 122 Å². The number of likely N-dealkylation sites (tertiary alicyclic amines) is 1. The van der Waals surface area contributed by atoms with Gasteiger partial charge >= 0.3 is 18.1 Å². The van der Waals surface area contributed by atoms with Crippen molar-refractivity contribution in [3.8, 4) is 0 Å². The molecule has 0 aromatic rings. The van der Waals surface area contributed by atoms with Crippen LogP contribution in [0.3, 0.4) is 0 Å². The van der Waals surface area contributed by atoms with E-state index in [1.807, 2.05) is 0 Å². The number of ether oxygens (including phenoxy) is 1. The Morgan fingerprint density at radius 1 is 1.47 bits per heavy atom. The maximum atomic E-state index is 11.8. The number of nitrogens with zero attached hydrogens (tertiary/aromatic N) is 1. The van der Waals surface area contributed by atoms with Crippen LogP contribution in [0, 0.1) is 5.41 Å². The average Bonchev–Trinajstić information content (AvgIpc) is 2.80. The molecule has 0 aliphatic carbocycles. The van der Waals surface area contributed by atoms with Gasteiger partial charge in [0.25, 0.3) is 0 Å². The van der Waals surface area contributed by atoms with E-state index in [0.29, 0.717) is 19.4 Å². The molecule has 1 unspecified atom stereocenters. The summed E-state index contributed by atoms with van der Waals surface area (Å²) in [6.45, 7) is 2.54. The Hall–Kier alpha value is -1.99. The van der Waals surface area contributed by atoms with Crippen LogP contribution < -0.4 is 11.1 Å². The summed E-state index contributed by atoms with van der Waals surface area (Å²) in [6.07, 6.45) is 0.0345. The highest BCUT2D eigenvalue weighted by Crippen LogP contribution is 2.34. The lowest BCUT2D eigenvalue weighted by atomic mass is 9.84. The van der Waals surface area contributed by atoms with Gasteiger partial charge < -0.3 is 25.8 Å². The summed E-state index contributed by atoms with van der Waals surface area (Å²) in [5, 5.41) is 11.8. The molecule has 108 valence electrons. The molecule has 19 heavy (non-hydrogen) atoms. The lowest BCUT2D eigenvalue weighted by Crippen LogP contribution is -2.42. The van der Waals surface area contributed by atoms with Gasteiger partial charge in [-0.15, -0.1) is 0 Å². The number of hydrogen-bond acceptors (Lipinski definition) is 4. The number of nitrogens with two attached hydrogens (primary N) is 1. The Morgan fingerprint density at radius 3 is 2.63 bits per heavy atom. The fourth-order valence-corrected chi connectivity index (χ4v) is 2.08. The van der Waals surface area contributed by atoms with Crippen molar-refractivity contribution in [1.29, 1.82) is 0 Å². The zero-order valence-corrected chi connectivity index (χ0v) is 10.8. The average molecular weight is 273 g/mol. The van der Waals surface area contributed by atoms with Crippen molar-refractivity contribution in [3.05, 3.63) is 0 Å². The van der Waals surface area contributed by atoms with Crippen LogP contribution in [-0.2, 0) is 9.53 Å². The molecule has 8 heteroatoms. The molecule has 0 bridgehead atoms. The molecule has 0 aromatic carbocycles. The van der Waals surface area contributed by atoms with Gasteiger partial charge in [0, 0.05) is 13.1 Å². The summed E-state index contributed by atoms with van der Waals surface area (Å²) in [5.41, 5.74) is 3.92. The number of carboxylic acids is 1. The van der Waals surface area contributed by atoms with E-state index < -0.39 is 17.5 Å². The van der Waals surface area contributed by atoms with Crippen LogP contribution in [0.2, 0.25) is 0 Å². The van der Waals surface area contributed by atoms with Crippen LogP contribution in [0.1, 0.15) is 19.8 Å². The van der Waals surface area contributed by atoms with E-state index in [2.05, 4.69) is 10.1 Å². The number of rotatable bonds is 5. The van der Waals surface area contributed by atoms with E-state index in [4.69, 9.17) is 5.73 Å². The third kappa shape index (κ3) is 3.73. The number of urea groups is 1. The van der Waals surface area contributed by atoms with Crippen LogP contribution in [0.4, 0.5) is 9.59 Å². The van der Waals surface area contributed by atoms with Gasteiger partial charge in [0.2, 0.25) is 0 Å². The minimum absolute atomic E-state index is 0.00718. The van der Waals surface area contributed by atoms with Gasteiger partial charge in [0.1, 0.15) is 6.61 Å². The van der Waals surface area contributed by atoms with E-state index in [0.717, 1.165) is 0 Å². The second kappa shape index (κ2) is 6.26. The lowest BCUT2D eigenvalue weighted by molar-refractivity contribution is -0.148. The molecule has 1 aliphatic rings.